The first-order chi connectivity index (χ1) is 14.3. The number of hydrogen-bond acceptors (Lipinski definition) is 2. The molecule has 0 saturated carbocycles. The number of hydrogen-bond donors (Lipinski definition) is 1. The Bertz CT molecular complexity index is 1330. The fourth-order valence-corrected chi connectivity index (χ4v) is 4.00. The Morgan fingerprint density at radius 3 is 2.27 bits per heavy atom. The van der Waals surface area contributed by atoms with Crippen LogP contribution in [0.5, 0.6) is 0 Å². The van der Waals surface area contributed by atoms with Crippen molar-refractivity contribution < 1.29 is 9.90 Å². The number of nitrogens with zero attached hydrogens (tertiary/aromatic N) is 1. The van der Waals surface area contributed by atoms with Gasteiger partial charge in [-0.05, 0) is 58.7 Å². The zero-order valence-corrected chi connectivity index (χ0v) is 17.5. The second-order valence-electron chi connectivity index (χ2n) is 7.07. The third-order valence-electron chi connectivity index (χ3n) is 5.19. The third kappa shape index (κ3) is 3.72. The van der Waals surface area contributed by atoms with E-state index in [1.165, 1.54) is 0 Å². The monoisotopic (exact) mass is 437 g/mol. The van der Waals surface area contributed by atoms with Gasteiger partial charge in [-0.15, -0.1) is 0 Å². The number of aryl methyl sites for hydroxylation is 1. The van der Waals surface area contributed by atoms with Crippen molar-refractivity contribution >= 4 is 40.1 Å². The average Bonchev–Trinajstić information content (AvgIpc) is 2.72. The van der Waals surface area contributed by atoms with E-state index in [0.29, 0.717) is 32.3 Å². The predicted molar refractivity (Wildman–Crippen MR) is 121 cm³/mol. The number of aliphatic carboxylic acids is 1. The maximum atomic E-state index is 12.5. The average molecular weight is 438 g/mol. The molecule has 0 bridgehead atoms. The fraction of sp³-hybridized carbons (Fsp3) is 0.0833. The van der Waals surface area contributed by atoms with Gasteiger partial charge in [-0.1, -0.05) is 53.5 Å². The van der Waals surface area contributed by atoms with Crippen molar-refractivity contribution in [3.63, 3.8) is 0 Å². The van der Waals surface area contributed by atoms with Gasteiger partial charge in [-0.3, -0.25) is 9.59 Å². The van der Waals surface area contributed by atoms with Crippen molar-refractivity contribution in [1.29, 1.82) is 0 Å². The highest BCUT2D eigenvalue weighted by Crippen LogP contribution is 2.33. The van der Waals surface area contributed by atoms with Crippen LogP contribution in [0.3, 0.4) is 0 Å². The number of carbonyl (C=O) groups is 1. The molecule has 150 valence electrons. The van der Waals surface area contributed by atoms with Crippen LogP contribution < -0.4 is 5.56 Å². The summed E-state index contributed by atoms with van der Waals surface area (Å²) in [6.45, 7) is 0. The van der Waals surface area contributed by atoms with Crippen LogP contribution in [-0.2, 0) is 11.8 Å². The van der Waals surface area contributed by atoms with Crippen LogP contribution in [0.4, 0.5) is 0 Å². The second kappa shape index (κ2) is 7.98. The van der Waals surface area contributed by atoms with Crippen LogP contribution >= 0.6 is 23.2 Å². The number of carboxylic acids is 1. The second-order valence-corrected chi connectivity index (χ2v) is 7.94. The minimum absolute atomic E-state index is 0.155. The zero-order valence-electron chi connectivity index (χ0n) is 16.0. The fourth-order valence-electron chi connectivity index (χ4n) is 3.69. The summed E-state index contributed by atoms with van der Waals surface area (Å²) in [5, 5.41) is 11.8. The molecule has 0 radical (unpaired) electrons. The summed E-state index contributed by atoms with van der Waals surface area (Å²) in [6.07, 6.45) is 0. The maximum absolute atomic E-state index is 12.5. The summed E-state index contributed by atoms with van der Waals surface area (Å²) in [6, 6.07) is 20.9. The molecule has 0 saturated heterocycles. The first kappa shape index (κ1) is 20.2. The lowest BCUT2D eigenvalue weighted by molar-refractivity contribution is -0.137. The molecule has 1 N–H and O–H groups in total. The lowest BCUT2D eigenvalue weighted by Gasteiger charge is -2.17. The lowest BCUT2D eigenvalue weighted by Crippen LogP contribution is -2.17. The van der Waals surface area contributed by atoms with Crippen molar-refractivity contribution in [2.45, 2.75) is 5.92 Å². The molecule has 30 heavy (non-hydrogen) atoms. The van der Waals surface area contributed by atoms with Crippen molar-refractivity contribution in [3.8, 4) is 11.1 Å². The van der Waals surface area contributed by atoms with Gasteiger partial charge in [0.1, 0.15) is 5.92 Å². The van der Waals surface area contributed by atoms with Gasteiger partial charge in [0.2, 0.25) is 0 Å². The Morgan fingerprint density at radius 1 is 0.900 bits per heavy atom. The topological polar surface area (TPSA) is 59.3 Å². The molecular weight excluding hydrogens is 421 g/mol. The SMILES string of the molecule is Cn1c(=O)cc(-c2cccc(Cl)c2)c2cc(C(C(=O)O)c3ccc(Cl)cc3)ccc21. The normalized spacial score (nSPS) is 12.1. The summed E-state index contributed by atoms with van der Waals surface area (Å²) < 4.78 is 1.55. The number of halogens is 2. The molecule has 1 unspecified atom stereocenters. The predicted octanol–water partition coefficient (Wildman–Crippen LogP) is 5.73. The highest BCUT2D eigenvalue weighted by Gasteiger charge is 2.23. The first-order valence-corrected chi connectivity index (χ1v) is 9.98. The third-order valence-corrected chi connectivity index (χ3v) is 5.68. The molecule has 0 amide bonds. The largest absolute Gasteiger partial charge is 0.481 e. The number of carboxylic acid groups (broad SMARTS) is 1. The van der Waals surface area contributed by atoms with E-state index in [1.54, 1.807) is 66.2 Å². The van der Waals surface area contributed by atoms with Crippen LogP contribution in [-0.4, -0.2) is 15.6 Å². The summed E-state index contributed by atoms with van der Waals surface area (Å²) in [5.41, 5.74) is 3.29. The molecular formula is C24H17Cl2NO3. The molecule has 1 heterocycles. The Hall–Kier alpha value is -3.08. The Labute approximate surface area is 182 Å². The van der Waals surface area contributed by atoms with Gasteiger partial charge >= 0.3 is 5.97 Å². The Morgan fingerprint density at radius 2 is 1.60 bits per heavy atom. The lowest BCUT2D eigenvalue weighted by atomic mass is 9.89. The van der Waals surface area contributed by atoms with Crippen molar-refractivity contribution in [1.82, 2.24) is 4.57 Å². The van der Waals surface area contributed by atoms with Gasteiger partial charge in [0.15, 0.2) is 0 Å². The molecule has 4 aromatic rings. The van der Waals surface area contributed by atoms with Gasteiger partial charge in [-0.2, -0.15) is 0 Å². The van der Waals surface area contributed by atoms with Gasteiger partial charge in [0.25, 0.3) is 5.56 Å². The Kier molecular flexibility index (Phi) is 5.37. The molecule has 1 atom stereocenters. The van der Waals surface area contributed by atoms with E-state index >= 15 is 0 Å². The summed E-state index contributed by atoms with van der Waals surface area (Å²) in [7, 11) is 1.69. The van der Waals surface area contributed by atoms with Gasteiger partial charge in [0.05, 0.1) is 5.52 Å². The molecule has 6 heteroatoms. The number of aromatic nitrogens is 1. The smallest absolute Gasteiger partial charge is 0.315 e. The van der Waals surface area contributed by atoms with Gasteiger partial charge < -0.3 is 9.67 Å². The molecule has 3 aromatic carbocycles. The van der Waals surface area contributed by atoms with E-state index in [9.17, 15) is 14.7 Å². The van der Waals surface area contributed by atoms with E-state index in [2.05, 4.69) is 0 Å². The quantitative estimate of drug-likeness (QED) is 0.443. The number of pyridine rings is 1. The summed E-state index contributed by atoms with van der Waals surface area (Å²) in [5.74, 6) is -1.83. The van der Waals surface area contributed by atoms with E-state index < -0.39 is 11.9 Å². The standard InChI is InChI=1S/C24H17Cl2NO3/c1-27-21-10-7-16(23(24(29)30)14-5-8-17(25)9-6-14)12-20(21)19(13-22(27)28)15-3-2-4-18(26)11-15/h2-13,23H,1H3,(H,29,30). The van der Waals surface area contributed by atoms with Crippen LogP contribution in [0.2, 0.25) is 10.0 Å². The minimum Gasteiger partial charge on any atom is -0.481 e. The van der Waals surface area contributed by atoms with Gasteiger partial charge in [0, 0.05) is 28.5 Å². The summed E-state index contributed by atoms with van der Waals surface area (Å²) >= 11 is 12.1. The first-order valence-electron chi connectivity index (χ1n) is 9.23. The maximum Gasteiger partial charge on any atom is 0.315 e. The van der Waals surface area contributed by atoms with E-state index in [-0.39, 0.29) is 5.56 Å². The number of rotatable bonds is 4. The number of fused-ring (bicyclic) bond motifs is 1. The molecule has 0 spiro atoms. The van der Waals surface area contributed by atoms with Gasteiger partial charge in [-0.25, -0.2) is 0 Å². The van der Waals surface area contributed by atoms with Crippen LogP contribution in [0.15, 0.2) is 77.6 Å². The molecule has 0 aliphatic carbocycles. The van der Waals surface area contributed by atoms with Crippen molar-refractivity contribution in [3.05, 3.63) is 104 Å². The van der Waals surface area contributed by atoms with Crippen molar-refractivity contribution in [2.24, 2.45) is 7.05 Å². The molecule has 0 aliphatic heterocycles. The van der Waals surface area contributed by atoms with Crippen LogP contribution in [0.25, 0.3) is 22.0 Å². The van der Waals surface area contributed by atoms with Crippen molar-refractivity contribution in [2.75, 3.05) is 0 Å². The molecule has 0 fully saturated rings. The van der Waals surface area contributed by atoms with E-state index in [4.69, 9.17) is 23.2 Å². The summed E-state index contributed by atoms with van der Waals surface area (Å²) in [4.78, 5) is 24.7. The Balaban J connectivity index is 1.98. The molecule has 1 aromatic heterocycles. The van der Waals surface area contributed by atoms with E-state index in [1.807, 2.05) is 18.2 Å². The zero-order chi connectivity index (χ0) is 21.4. The molecule has 0 aliphatic rings. The molecule has 4 rings (SSSR count). The highest BCUT2D eigenvalue weighted by atomic mass is 35.5. The number of benzene rings is 3. The minimum atomic E-state index is -0.967. The van der Waals surface area contributed by atoms with Crippen LogP contribution in [0.1, 0.15) is 17.0 Å². The highest BCUT2D eigenvalue weighted by molar-refractivity contribution is 6.31. The van der Waals surface area contributed by atoms with Crippen LogP contribution in [0, 0.1) is 0 Å². The van der Waals surface area contributed by atoms with E-state index in [0.717, 1.165) is 10.9 Å². The molecule has 4 nitrogen and oxygen atoms in total.